The zero-order valence-corrected chi connectivity index (χ0v) is 38.4. The topological polar surface area (TPSA) is 134 Å². The molecule has 0 amide bonds. The van der Waals surface area contributed by atoms with Crippen molar-refractivity contribution in [3.05, 3.63) is 132 Å². The van der Waals surface area contributed by atoms with Crippen LogP contribution in [0.15, 0.2) is 110 Å². The van der Waals surface area contributed by atoms with Crippen molar-refractivity contribution in [3.63, 3.8) is 0 Å². The van der Waals surface area contributed by atoms with Gasteiger partial charge in [-0.05, 0) is 137 Å². The first-order valence-electron chi connectivity index (χ1n) is 22.5. The molecule has 2 fully saturated rings. The van der Waals surface area contributed by atoms with E-state index in [1.807, 2.05) is 50.4 Å². The number of fused-ring (bicyclic) bond motifs is 1. The fourth-order valence-corrected chi connectivity index (χ4v) is 7.83. The molecule has 14 heteroatoms. The van der Waals surface area contributed by atoms with Gasteiger partial charge in [0.15, 0.2) is 0 Å². The highest BCUT2D eigenvalue weighted by Crippen LogP contribution is 2.30. The summed E-state index contributed by atoms with van der Waals surface area (Å²) < 4.78 is 19.9. The number of likely N-dealkylation sites (N-methyl/N-ethyl adjacent to an activating group) is 1. The Balaban J connectivity index is 0.000000177. The van der Waals surface area contributed by atoms with Gasteiger partial charge in [-0.2, -0.15) is 9.97 Å². The number of hydrogen-bond acceptors (Lipinski definition) is 12. The van der Waals surface area contributed by atoms with Crippen LogP contribution in [0.5, 0.6) is 5.75 Å². The van der Waals surface area contributed by atoms with Crippen molar-refractivity contribution >= 4 is 62.9 Å². The van der Waals surface area contributed by atoms with Gasteiger partial charge in [0.2, 0.25) is 11.9 Å². The van der Waals surface area contributed by atoms with Crippen molar-refractivity contribution in [2.75, 3.05) is 85.6 Å². The van der Waals surface area contributed by atoms with Crippen LogP contribution < -0.4 is 30.9 Å². The second kappa shape index (κ2) is 20.4. The number of hydrogen-bond donors (Lipinski definition) is 5. The average molecular weight is 877 g/mol. The number of benzene rings is 4. The lowest BCUT2D eigenvalue weighted by molar-refractivity contribution is 0.238. The first-order chi connectivity index (χ1) is 31.4. The molecule has 3 aromatic heterocycles. The largest absolute Gasteiger partial charge is 0.492 e. The van der Waals surface area contributed by atoms with E-state index in [0.717, 1.165) is 83.6 Å². The zero-order chi connectivity index (χ0) is 45.3. The van der Waals surface area contributed by atoms with Crippen LogP contribution in [0.4, 0.5) is 56.4 Å². The zero-order valence-electron chi connectivity index (χ0n) is 38.4. The first kappa shape index (κ1) is 44.8. The summed E-state index contributed by atoms with van der Waals surface area (Å²) in [5.41, 5.74) is 8.64. The van der Waals surface area contributed by atoms with E-state index < -0.39 is 0 Å². The minimum absolute atomic E-state index is 0.0986. The molecule has 0 aliphatic carbocycles. The molecule has 13 nitrogen and oxygen atoms in total. The second-order valence-electron chi connectivity index (χ2n) is 17.9. The van der Waals surface area contributed by atoms with Crippen LogP contribution in [0.3, 0.4) is 0 Å². The molecule has 0 spiro atoms. The average Bonchev–Trinajstić information content (AvgIpc) is 4.03. The van der Waals surface area contributed by atoms with Crippen LogP contribution in [-0.2, 0) is 5.41 Å². The second-order valence-corrected chi connectivity index (χ2v) is 17.9. The fourth-order valence-electron chi connectivity index (χ4n) is 7.83. The van der Waals surface area contributed by atoms with Gasteiger partial charge in [-0.15, -0.1) is 0 Å². The lowest BCUT2D eigenvalue weighted by Crippen LogP contribution is -2.44. The quantitative estimate of drug-likeness (QED) is 0.0755. The number of rotatable bonds is 13. The van der Waals surface area contributed by atoms with Crippen LogP contribution in [0.1, 0.15) is 50.3 Å². The third kappa shape index (κ3) is 11.9. The van der Waals surface area contributed by atoms with Crippen LogP contribution in [0.2, 0.25) is 0 Å². The molecular weight excluding hydrogens is 816 g/mol. The summed E-state index contributed by atoms with van der Waals surface area (Å²) in [6, 6.07) is 29.8. The monoisotopic (exact) mass is 877 g/mol. The van der Waals surface area contributed by atoms with E-state index in [1.165, 1.54) is 43.2 Å². The SMILES string of the molecule is Cc1cnc(Nc2ccc(N3CCN(C)CC3)cc2)nc1Nc1cccc(C(C)(C)C)c1.Cc1cnc(Nc2ccc(OCCN3CCCC3)cc2)nc1Nc1ccc(F)c2[nH]ccc12. The molecule has 338 valence electrons. The van der Waals surface area contributed by atoms with Gasteiger partial charge in [0.1, 0.15) is 29.8 Å². The Morgan fingerprint density at radius 1 is 0.692 bits per heavy atom. The number of halogens is 1. The van der Waals surface area contributed by atoms with Crippen LogP contribution in [-0.4, -0.2) is 94.2 Å². The number of nitrogens with one attached hydrogen (secondary N) is 5. The molecule has 0 bridgehead atoms. The maximum atomic E-state index is 14.0. The van der Waals surface area contributed by atoms with E-state index in [-0.39, 0.29) is 11.2 Å². The molecule has 2 aliphatic rings. The standard InChI is InChI=1S/C26H34N6.C25H27FN6O/c1-19-18-27-25(30-24(19)28-22-8-6-7-20(17-22)26(2,3)4)29-21-9-11-23(12-10-21)32-15-13-31(5)14-16-32;1-17-16-28-25(31-24(17)30-22-9-8-21(26)23-20(22)10-11-27-23)29-18-4-6-19(7-5-18)33-15-14-32-12-2-3-13-32/h6-12,17-18H,13-16H2,1-5H3,(H2,27,28,29,30);4-11,16,27H,2-3,12-15H2,1H3,(H2,28,29,30,31). The molecule has 9 rings (SSSR count). The molecule has 65 heavy (non-hydrogen) atoms. The Bertz CT molecular complexity index is 2650. The minimum Gasteiger partial charge on any atom is -0.492 e. The van der Waals surface area contributed by atoms with Gasteiger partial charge < -0.3 is 40.8 Å². The Morgan fingerprint density at radius 3 is 1.97 bits per heavy atom. The number of aromatic amines is 1. The van der Waals surface area contributed by atoms with Crippen LogP contribution in [0, 0.1) is 19.7 Å². The Kier molecular flexibility index (Phi) is 14.1. The molecule has 2 saturated heterocycles. The number of likely N-dealkylation sites (tertiary alicyclic amines) is 1. The number of H-pyrrole nitrogens is 1. The van der Waals surface area contributed by atoms with E-state index in [9.17, 15) is 4.39 Å². The number of anilines is 9. The summed E-state index contributed by atoms with van der Waals surface area (Å²) >= 11 is 0. The van der Waals surface area contributed by atoms with Gasteiger partial charge in [-0.3, -0.25) is 4.90 Å². The molecule has 0 atom stereocenters. The molecule has 5 N–H and O–H groups in total. The number of nitrogens with zero attached hydrogens (tertiary/aromatic N) is 7. The van der Waals surface area contributed by atoms with E-state index in [1.54, 1.807) is 18.5 Å². The molecule has 0 radical (unpaired) electrons. The van der Waals surface area contributed by atoms with Crippen molar-refractivity contribution < 1.29 is 9.13 Å². The number of ether oxygens (including phenoxy) is 1. The predicted molar refractivity (Wildman–Crippen MR) is 264 cm³/mol. The van der Waals surface area contributed by atoms with E-state index in [0.29, 0.717) is 29.8 Å². The molecule has 4 aromatic carbocycles. The number of piperazine rings is 1. The first-order valence-corrected chi connectivity index (χ1v) is 22.5. The summed E-state index contributed by atoms with van der Waals surface area (Å²) in [6.07, 6.45) is 7.91. The third-order valence-corrected chi connectivity index (χ3v) is 11.8. The molecule has 0 saturated carbocycles. The van der Waals surface area contributed by atoms with Gasteiger partial charge in [0.05, 0.1) is 5.52 Å². The van der Waals surface area contributed by atoms with Gasteiger partial charge in [0.25, 0.3) is 0 Å². The number of aromatic nitrogens is 5. The van der Waals surface area contributed by atoms with Crippen molar-refractivity contribution in [2.24, 2.45) is 0 Å². The van der Waals surface area contributed by atoms with Crippen LogP contribution >= 0.6 is 0 Å². The fraction of sp³-hybridized carbons (Fsp3) is 0.333. The van der Waals surface area contributed by atoms with Gasteiger partial charge in [-0.25, -0.2) is 14.4 Å². The van der Waals surface area contributed by atoms with Crippen molar-refractivity contribution in [1.29, 1.82) is 0 Å². The number of aryl methyl sites for hydroxylation is 2. The molecule has 0 unspecified atom stereocenters. The summed E-state index contributed by atoms with van der Waals surface area (Å²) in [5, 5.41) is 14.1. The van der Waals surface area contributed by atoms with Crippen molar-refractivity contribution in [1.82, 2.24) is 34.7 Å². The van der Waals surface area contributed by atoms with Crippen LogP contribution in [0.25, 0.3) is 10.9 Å². The Morgan fingerprint density at radius 2 is 1.32 bits per heavy atom. The summed E-state index contributed by atoms with van der Waals surface area (Å²) in [5.74, 6) is 3.08. The molecule has 2 aliphatic heterocycles. The summed E-state index contributed by atoms with van der Waals surface area (Å²) in [4.78, 5) is 28.4. The van der Waals surface area contributed by atoms with E-state index in [4.69, 9.17) is 9.72 Å². The highest BCUT2D eigenvalue weighted by atomic mass is 19.1. The lowest BCUT2D eigenvalue weighted by Gasteiger charge is -2.34. The summed E-state index contributed by atoms with van der Waals surface area (Å²) in [7, 11) is 2.18. The van der Waals surface area contributed by atoms with Gasteiger partial charge in [0, 0.05) is 96.3 Å². The van der Waals surface area contributed by atoms with Crippen molar-refractivity contribution in [3.8, 4) is 5.75 Å². The minimum atomic E-state index is -0.286. The Labute approximate surface area is 381 Å². The van der Waals surface area contributed by atoms with E-state index in [2.05, 4.69) is 132 Å². The maximum Gasteiger partial charge on any atom is 0.229 e. The molecular formula is C51H61FN12O. The third-order valence-electron chi connectivity index (χ3n) is 11.8. The van der Waals surface area contributed by atoms with Crippen molar-refractivity contribution in [2.45, 2.75) is 52.9 Å². The molecule has 5 heterocycles. The smallest absolute Gasteiger partial charge is 0.229 e. The molecule has 7 aromatic rings. The highest BCUT2D eigenvalue weighted by Gasteiger charge is 2.17. The highest BCUT2D eigenvalue weighted by molar-refractivity contribution is 5.94. The Hall–Kier alpha value is -6.77. The van der Waals surface area contributed by atoms with E-state index >= 15 is 0 Å². The normalized spacial score (nSPS) is 14.5. The van der Waals surface area contributed by atoms with Gasteiger partial charge in [-0.1, -0.05) is 32.9 Å². The maximum absolute atomic E-state index is 14.0. The predicted octanol–water partition coefficient (Wildman–Crippen LogP) is 10.7. The lowest BCUT2D eigenvalue weighted by atomic mass is 9.87. The van der Waals surface area contributed by atoms with Gasteiger partial charge >= 0.3 is 0 Å². The summed E-state index contributed by atoms with van der Waals surface area (Å²) in [6.45, 7) is 19.0.